The molecule has 0 radical (unpaired) electrons. The zero-order chi connectivity index (χ0) is 20.9. The number of carbonyl (C=O) groups excluding carboxylic acids is 2. The van der Waals surface area contributed by atoms with Crippen molar-refractivity contribution in [2.24, 2.45) is 0 Å². The molecular weight excluding hydrogens is 389 g/mol. The van der Waals surface area contributed by atoms with E-state index in [1.54, 1.807) is 0 Å². The standard InChI is InChI=1S/C18H14F5NO4/c1-10(15(25)24-12-8-6-11(7-9-12)18(21,22)23)27-16(26)13-4-2-3-5-14(13)28-17(19)20/h2-10,17H,1H3,(H,24,25)/t10-/m0/s1. The lowest BCUT2D eigenvalue weighted by molar-refractivity contribution is -0.137. The fourth-order valence-corrected chi connectivity index (χ4v) is 2.10. The van der Waals surface area contributed by atoms with Crippen LogP contribution in [0, 0.1) is 0 Å². The van der Waals surface area contributed by atoms with Crippen molar-refractivity contribution >= 4 is 17.6 Å². The Kier molecular flexibility index (Phi) is 6.55. The number of halogens is 5. The molecule has 1 atom stereocenters. The summed E-state index contributed by atoms with van der Waals surface area (Å²) in [6, 6.07) is 8.73. The van der Waals surface area contributed by atoms with Gasteiger partial charge < -0.3 is 14.8 Å². The highest BCUT2D eigenvalue weighted by Gasteiger charge is 2.30. The van der Waals surface area contributed by atoms with E-state index in [-0.39, 0.29) is 11.3 Å². The van der Waals surface area contributed by atoms with E-state index in [0.29, 0.717) is 0 Å². The summed E-state index contributed by atoms with van der Waals surface area (Å²) < 4.78 is 71.5. The summed E-state index contributed by atoms with van der Waals surface area (Å²) >= 11 is 0. The first kappa shape index (κ1) is 21.1. The molecule has 1 N–H and O–H groups in total. The number of esters is 1. The van der Waals surface area contributed by atoms with Gasteiger partial charge in [0.1, 0.15) is 11.3 Å². The third-order valence-electron chi connectivity index (χ3n) is 3.46. The van der Waals surface area contributed by atoms with Crippen LogP contribution in [-0.2, 0) is 15.7 Å². The second kappa shape index (κ2) is 8.68. The van der Waals surface area contributed by atoms with E-state index >= 15 is 0 Å². The van der Waals surface area contributed by atoms with Crippen molar-refractivity contribution < 1.29 is 41.0 Å². The summed E-state index contributed by atoms with van der Waals surface area (Å²) in [5.74, 6) is -2.32. The van der Waals surface area contributed by atoms with Crippen molar-refractivity contribution in [3.05, 3.63) is 59.7 Å². The number of anilines is 1. The molecule has 0 bridgehead atoms. The van der Waals surface area contributed by atoms with Crippen LogP contribution in [0.2, 0.25) is 0 Å². The molecule has 0 spiro atoms. The Hall–Kier alpha value is -3.17. The first-order valence-corrected chi connectivity index (χ1v) is 7.81. The zero-order valence-electron chi connectivity index (χ0n) is 14.3. The highest BCUT2D eigenvalue weighted by molar-refractivity contribution is 5.98. The van der Waals surface area contributed by atoms with Gasteiger partial charge in [-0.1, -0.05) is 12.1 Å². The van der Waals surface area contributed by atoms with Crippen LogP contribution in [0.3, 0.4) is 0 Å². The van der Waals surface area contributed by atoms with Crippen LogP contribution >= 0.6 is 0 Å². The average molecular weight is 403 g/mol. The number of rotatable bonds is 6. The molecule has 0 unspecified atom stereocenters. The summed E-state index contributed by atoms with van der Waals surface area (Å²) in [5.41, 5.74) is -1.14. The van der Waals surface area contributed by atoms with Gasteiger partial charge in [0, 0.05) is 5.69 Å². The zero-order valence-corrected chi connectivity index (χ0v) is 14.3. The fourth-order valence-electron chi connectivity index (χ4n) is 2.10. The Morgan fingerprint density at radius 1 is 1.00 bits per heavy atom. The van der Waals surface area contributed by atoms with Gasteiger partial charge in [0.15, 0.2) is 6.10 Å². The molecular formula is C18H14F5NO4. The molecule has 1 amide bonds. The number of amides is 1. The second-order valence-corrected chi connectivity index (χ2v) is 5.49. The summed E-state index contributed by atoms with van der Waals surface area (Å²) in [7, 11) is 0. The monoisotopic (exact) mass is 403 g/mol. The first-order chi connectivity index (χ1) is 13.1. The van der Waals surface area contributed by atoms with Gasteiger partial charge >= 0.3 is 18.8 Å². The molecule has 10 heteroatoms. The maximum Gasteiger partial charge on any atom is 0.416 e. The quantitative estimate of drug-likeness (QED) is 0.570. The third-order valence-corrected chi connectivity index (χ3v) is 3.46. The Morgan fingerprint density at radius 2 is 1.61 bits per heavy atom. The minimum atomic E-state index is -4.51. The van der Waals surface area contributed by atoms with Crippen molar-refractivity contribution in [3.63, 3.8) is 0 Å². The minimum Gasteiger partial charge on any atom is -0.449 e. The molecule has 2 aromatic rings. The number of hydrogen-bond donors (Lipinski definition) is 1. The number of benzene rings is 2. The number of ether oxygens (including phenoxy) is 2. The predicted octanol–water partition coefficient (Wildman–Crippen LogP) is 4.49. The van der Waals surface area contributed by atoms with E-state index in [1.807, 2.05) is 0 Å². The maximum atomic E-state index is 12.5. The molecule has 0 saturated carbocycles. The van der Waals surface area contributed by atoms with Crippen LogP contribution in [0.25, 0.3) is 0 Å². The normalized spacial score (nSPS) is 12.4. The van der Waals surface area contributed by atoms with Crippen molar-refractivity contribution in [1.82, 2.24) is 0 Å². The predicted molar refractivity (Wildman–Crippen MR) is 88.0 cm³/mol. The van der Waals surface area contributed by atoms with Gasteiger partial charge in [0.05, 0.1) is 5.56 Å². The van der Waals surface area contributed by atoms with E-state index in [1.165, 1.54) is 25.1 Å². The molecule has 2 aromatic carbocycles. The molecule has 150 valence electrons. The molecule has 0 aromatic heterocycles. The SMILES string of the molecule is C[C@H](OC(=O)c1ccccc1OC(F)F)C(=O)Nc1ccc(C(F)(F)F)cc1. The average Bonchev–Trinajstić information content (AvgIpc) is 2.61. The van der Waals surface area contributed by atoms with E-state index in [9.17, 15) is 31.5 Å². The van der Waals surface area contributed by atoms with Gasteiger partial charge in [-0.05, 0) is 43.3 Å². The van der Waals surface area contributed by atoms with Gasteiger partial charge in [0.25, 0.3) is 5.91 Å². The van der Waals surface area contributed by atoms with Crippen molar-refractivity contribution in [2.75, 3.05) is 5.32 Å². The van der Waals surface area contributed by atoms with Crippen LogP contribution in [0.1, 0.15) is 22.8 Å². The van der Waals surface area contributed by atoms with Crippen LogP contribution in [0.5, 0.6) is 5.75 Å². The number of nitrogens with one attached hydrogen (secondary N) is 1. The first-order valence-electron chi connectivity index (χ1n) is 7.81. The molecule has 5 nitrogen and oxygen atoms in total. The Bertz CT molecular complexity index is 837. The Morgan fingerprint density at radius 3 is 2.18 bits per heavy atom. The molecule has 0 aliphatic carbocycles. The second-order valence-electron chi connectivity index (χ2n) is 5.49. The van der Waals surface area contributed by atoms with Crippen LogP contribution < -0.4 is 10.1 Å². The summed E-state index contributed by atoms with van der Waals surface area (Å²) in [5, 5.41) is 2.29. The van der Waals surface area contributed by atoms with Crippen LogP contribution in [0.4, 0.5) is 27.6 Å². The lowest BCUT2D eigenvalue weighted by atomic mass is 10.2. The number of carbonyl (C=O) groups is 2. The van der Waals surface area contributed by atoms with Crippen LogP contribution in [-0.4, -0.2) is 24.6 Å². The highest BCUT2D eigenvalue weighted by Crippen LogP contribution is 2.30. The van der Waals surface area contributed by atoms with Crippen molar-refractivity contribution in [1.29, 1.82) is 0 Å². The van der Waals surface area contributed by atoms with E-state index in [0.717, 1.165) is 30.3 Å². The van der Waals surface area contributed by atoms with E-state index in [4.69, 9.17) is 4.74 Å². The van der Waals surface area contributed by atoms with Gasteiger partial charge in [-0.15, -0.1) is 0 Å². The van der Waals surface area contributed by atoms with Gasteiger partial charge in [-0.3, -0.25) is 4.79 Å². The summed E-state index contributed by atoms with van der Waals surface area (Å²) in [4.78, 5) is 24.2. The lowest BCUT2D eigenvalue weighted by Crippen LogP contribution is -2.30. The largest absolute Gasteiger partial charge is 0.449 e. The van der Waals surface area contributed by atoms with Gasteiger partial charge in [-0.2, -0.15) is 22.0 Å². The molecule has 0 saturated heterocycles. The number of para-hydroxylation sites is 1. The Balaban J connectivity index is 2.01. The van der Waals surface area contributed by atoms with Gasteiger partial charge in [-0.25, -0.2) is 4.79 Å². The molecule has 0 heterocycles. The van der Waals surface area contributed by atoms with Crippen molar-refractivity contribution in [2.45, 2.75) is 25.8 Å². The molecule has 0 aliphatic rings. The fraction of sp³-hybridized carbons (Fsp3) is 0.222. The smallest absolute Gasteiger partial charge is 0.416 e. The summed E-state index contributed by atoms with van der Waals surface area (Å²) in [6.45, 7) is -1.94. The van der Waals surface area contributed by atoms with E-state index in [2.05, 4.69) is 10.1 Å². The molecule has 0 aliphatic heterocycles. The van der Waals surface area contributed by atoms with Gasteiger partial charge in [0.2, 0.25) is 0 Å². The highest BCUT2D eigenvalue weighted by atomic mass is 19.4. The topological polar surface area (TPSA) is 64.6 Å². The Labute approximate surface area is 156 Å². The van der Waals surface area contributed by atoms with Crippen molar-refractivity contribution in [3.8, 4) is 5.75 Å². The number of hydrogen-bond acceptors (Lipinski definition) is 4. The number of alkyl halides is 5. The summed E-state index contributed by atoms with van der Waals surface area (Å²) in [6.07, 6.45) is -5.87. The minimum absolute atomic E-state index is 0.0577. The maximum absolute atomic E-state index is 12.5. The van der Waals surface area contributed by atoms with Crippen LogP contribution in [0.15, 0.2) is 48.5 Å². The lowest BCUT2D eigenvalue weighted by Gasteiger charge is -2.15. The molecule has 0 fully saturated rings. The molecule has 2 rings (SSSR count). The van der Waals surface area contributed by atoms with E-state index < -0.39 is 42.1 Å². The third kappa shape index (κ3) is 5.66. The molecule has 28 heavy (non-hydrogen) atoms.